The van der Waals surface area contributed by atoms with Crippen LogP contribution in [-0.2, 0) is 0 Å². The van der Waals surface area contributed by atoms with Crippen LogP contribution in [0.1, 0.15) is 51.6 Å². The predicted molar refractivity (Wildman–Crippen MR) is 133 cm³/mol. The van der Waals surface area contributed by atoms with E-state index in [0.29, 0.717) is 28.3 Å². The molecule has 33 heavy (non-hydrogen) atoms. The summed E-state index contributed by atoms with van der Waals surface area (Å²) in [6.07, 6.45) is 0.909. The summed E-state index contributed by atoms with van der Waals surface area (Å²) in [7, 11) is 0. The zero-order valence-electron chi connectivity index (χ0n) is 18.3. The van der Waals surface area contributed by atoms with Crippen LogP contribution in [0.3, 0.4) is 0 Å². The van der Waals surface area contributed by atoms with Crippen LogP contribution < -0.4 is 15.1 Å². The first-order chi connectivity index (χ1) is 15.9. The van der Waals surface area contributed by atoms with Gasteiger partial charge in [-0.15, -0.1) is 11.3 Å². The van der Waals surface area contributed by atoms with E-state index in [0.717, 1.165) is 32.8 Å². The Morgan fingerprint density at radius 1 is 1.15 bits per heavy atom. The Balaban J connectivity index is 1.72. The zero-order valence-corrected chi connectivity index (χ0v) is 20.7. The van der Waals surface area contributed by atoms with Crippen molar-refractivity contribution in [3.8, 4) is 5.75 Å². The van der Waals surface area contributed by atoms with Gasteiger partial charge in [-0.3, -0.25) is 14.5 Å². The van der Waals surface area contributed by atoms with Gasteiger partial charge >= 0.3 is 0 Å². The quantitative estimate of drug-likeness (QED) is 0.312. The van der Waals surface area contributed by atoms with Gasteiger partial charge in [0.2, 0.25) is 5.76 Å². The van der Waals surface area contributed by atoms with Crippen LogP contribution in [0.15, 0.2) is 56.1 Å². The predicted octanol–water partition coefficient (Wildman–Crippen LogP) is 6.17. The number of carbonyl (C=O) groups is 1. The van der Waals surface area contributed by atoms with E-state index in [2.05, 4.69) is 20.9 Å². The van der Waals surface area contributed by atoms with Crippen LogP contribution in [0, 0.1) is 13.8 Å². The van der Waals surface area contributed by atoms with Crippen molar-refractivity contribution >= 4 is 49.3 Å². The van der Waals surface area contributed by atoms with Crippen molar-refractivity contribution in [2.24, 2.45) is 0 Å². The SMILES string of the molecule is CCCOc1ccc(C2c3c(oc4ccc(Br)cc4c3=O)C(=O)N2c2nc(C)c(C)s2)cc1. The second-order valence-corrected chi connectivity index (χ2v) is 10.0. The van der Waals surface area contributed by atoms with Gasteiger partial charge in [-0.1, -0.05) is 35.0 Å². The van der Waals surface area contributed by atoms with Gasteiger partial charge in [0.05, 0.1) is 29.3 Å². The molecule has 0 radical (unpaired) electrons. The summed E-state index contributed by atoms with van der Waals surface area (Å²) in [4.78, 5) is 34.5. The fourth-order valence-corrected chi connectivity index (χ4v) is 5.28. The van der Waals surface area contributed by atoms with E-state index in [-0.39, 0.29) is 17.1 Å². The van der Waals surface area contributed by atoms with Crippen LogP contribution in [0.5, 0.6) is 5.75 Å². The van der Waals surface area contributed by atoms with Crippen molar-refractivity contribution in [3.05, 3.63) is 84.6 Å². The van der Waals surface area contributed by atoms with Gasteiger partial charge in [-0.05, 0) is 56.2 Å². The third-order valence-electron chi connectivity index (χ3n) is 5.72. The van der Waals surface area contributed by atoms with Crippen LogP contribution >= 0.6 is 27.3 Å². The average molecular weight is 525 g/mol. The van der Waals surface area contributed by atoms with E-state index >= 15 is 0 Å². The number of halogens is 1. The van der Waals surface area contributed by atoms with Crippen molar-refractivity contribution in [2.75, 3.05) is 11.5 Å². The zero-order chi connectivity index (χ0) is 23.3. The first-order valence-corrected chi connectivity index (χ1v) is 12.3. The van der Waals surface area contributed by atoms with Crippen LogP contribution in [-0.4, -0.2) is 17.5 Å². The van der Waals surface area contributed by atoms with Gasteiger partial charge < -0.3 is 9.15 Å². The molecule has 3 heterocycles. The molecule has 0 aliphatic carbocycles. The van der Waals surface area contributed by atoms with Gasteiger partial charge in [0.15, 0.2) is 10.6 Å². The molecule has 0 fully saturated rings. The molecule has 1 atom stereocenters. The first-order valence-electron chi connectivity index (χ1n) is 10.7. The Morgan fingerprint density at radius 3 is 2.58 bits per heavy atom. The normalized spacial score (nSPS) is 15.3. The number of carbonyl (C=O) groups excluding carboxylic acids is 1. The van der Waals surface area contributed by atoms with Crippen molar-refractivity contribution in [1.82, 2.24) is 4.98 Å². The van der Waals surface area contributed by atoms with E-state index in [4.69, 9.17) is 9.15 Å². The molecule has 168 valence electrons. The number of benzene rings is 2. The molecule has 0 spiro atoms. The minimum absolute atomic E-state index is 0.0663. The summed E-state index contributed by atoms with van der Waals surface area (Å²) in [5, 5.41) is 0.972. The number of hydrogen-bond donors (Lipinski definition) is 0. The molecular weight excluding hydrogens is 504 g/mol. The smallest absolute Gasteiger partial charge is 0.297 e. The van der Waals surface area contributed by atoms with E-state index in [1.165, 1.54) is 11.3 Å². The number of amides is 1. The molecule has 2 aromatic carbocycles. The van der Waals surface area contributed by atoms with E-state index in [1.54, 1.807) is 23.1 Å². The third kappa shape index (κ3) is 3.67. The molecule has 0 saturated carbocycles. The van der Waals surface area contributed by atoms with Gasteiger partial charge in [0.25, 0.3) is 5.91 Å². The van der Waals surface area contributed by atoms with Crippen molar-refractivity contribution in [3.63, 3.8) is 0 Å². The number of anilines is 1. The minimum atomic E-state index is -0.641. The molecule has 5 rings (SSSR count). The molecule has 0 saturated heterocycles. The van der Waals surface area contributed by atoms with Crippen LogP contribution in [0.4, 0.5) is 5.13 Å². The van der Waals surface area contributed by atoms with E-state index in [1.807, 2.05) is 45.0 Å². The van der Waals surface area contributed by atoms with Crippen molar-refractivity contribution in [1.29, 1.82) is 0 Å². The average Bonchev–Trinajstić information content (AvgIpc) is 3.29. The van der Waals surface area contributed by atoms with E-state index in [9.17, 15) is 9.59 Å². The molecule has 0 N–H and O–H groups in total. The first kappa shape index (κ1) is 21.9. The van der Waals surface area contributed by atoms with Crippen molar-refractivity contribution < 1.29 is 13.9 Å². The standard InChI is InChI=1S/C25H21BrN2O4S/c1-4-11-31-17-8-5-15(6-9-17)21-20-22(29)18-12-16(26)7-10-19(18)32-23(20)24(30)28(21)25-27-13(2)14(3)33-25/h5-10,12,21H,4,11H2,1-3H3. The van der Waals surface area contributed by atoms with Crippen LogP contribution in [0.25, 0.3) is 11.0 Å². The van der Waals surface area contributed by atoms with Gasteiger partial charge in [0, 0.05) is 9.35 Å². The Labute approximate surface area is 203 Å². The molecule has 1 unspecified atom stereocenters. The number of thiazole rings is 1. The molecule has 8 heteroatoms. The second-order valence-electron chi connectivity index (χ2n) is 7.95. The Kier molecular flexibility index (Phi) is 5.58. The summed E-state index contributed by atoms with van der Waals surface area (Å²) in [6, 6.07) is 12.1. The number of hydrogen-bond acceptors (Lipinski definition) is 6. The van der Waals surface area contributed by atoms with Crippen molar-refractivity contribution in [2.45, 2.75) is 33.2 Å². The Morgan fingerprint density at radius 2 is 1.91 bits per heavy atom. The topological polar surface area (TPSA) is 72.6 Å². The third-order valence-corrected chi connectivity index (χ3v) is 7.29. The lowest BCUT2D eigenvalue weighted by Gasteiger charge is -2.22. The highest BCUT2D eigenvalue weighted by molar-refractivity contribution is 9.10. The molecule has 0 bridgehead atoms. The second kappa shape index (κ2) is 8.43. The number of aryl methyl sites for hydroxylation is 2. The maximum Gasteiger partial charge on any atom is 0.297 e. The molecule has 1 amide bonds. The fraction of sp³-hybridized carbons (Fsp3) is 0.240. The number of aromatic nitrogens is 1. The molecular formula is C25H21BrN2O4S. The minimum Gasteiger partial charge on any atom is -0.494 e. The highest BCUT2D eigenvalue weighted by Gasteiger charge is 2.45. The highest BCUT2D eigenvalue weighted by atomic mass is 79.9. The van der Waals surface area contributed by atoms with Crippen LogP contribution in [0.2, 0.25) is 0 Å². The summed E-state index contributed by atoms with van der Waals surface area (Å²) in [5.74, 6) is 0.445. The molecule has 1 aliphatic rings. The highest BCUT2D eigenvalue weighted by Crippen LogP contribution is 2.43. The Bertz CT molecular complexity index is 1420. The maximum atomic E-state index is 13.7. The monoisotopic (exact) mass is 524 g/mol. The fourth-order valence-electron chi connectivity index (χ4n) is 3.98. The number of fused-ring (bicyclic) bond motifs is 2. The molecule has 6 nitrogen and oxygen atoms in total. The summed E-state index contributed by atoms with van der Waals surface area (Å²) >= 11 is 4.86. The molecule has 4 aromatic rings. The lowest BCUT2D eigenvalue weighted by molar-refractivity contribution is 0.0971. The van der Waals surface area contributed by atoms with Gasteiger partial charge in [0.1, 0.15) is 11.3 Å². The number of nitrogens with zero attached hydrogens (tertiary/aromatic N) is 2. The summed E-state index contributed by atoms with van der Waals surface area (Å²) < 4.78 is 12.5. The Hall–Kier alpha value is -2.97. The molecule has 1 aliphatic heterocycles. The largest absolute Gasteiger partial charge is 0.494 e. The number of ether oxygens (including phenoxy) is 1. The molecule has 2 aromatic heterocycles. The van der Waals surface area contributed by atoms with Gasteiger partial charge in [-0.2, -0.15) is 0 Å². The number of rotatable bonds is 5. The van der Waals surface area contributed by atoms with E-state index < -0.39 is 6.04 Å². The lowest BCUT2D eigenvalue weighted by Crippen LogP contribution is -2.29. The summed E-state index contributed by atoms with van der Waals surface area (Å²) in [6.45, 7) is 6.55. The summed E-state index contributed by atoms with van der Waals surface area (Å²) in [5.41, 5.74) is 2.14. The maximum absolute atomic E-state index is 13.7. The van der Waals surface area contributed by atoms with Gasteiger partial charge in [-0.25, -0.2) is 4.98 Å². The lowest BCUT2D eigenvalue weighted by atomic mass is 9.98.